The SMILES string of the molecule is OCc1cnc(Oc2ccc3ccccc3c2)nc1. The van der Waals surface area contributed by atoms with Crippen LogP contribution in [0.1, 0.15) is 5.56 Å². The first kappa shape index (κ1) is 11.6. The number of aliphatic hydroxyl groups excluding tert-OH is 1. The molecule has 2 aromatic carbocycles. The van der Waals surface area contributed by atoms with E-state index in [0.29, 0.717) is 11.3 Å². The number of nitrogens with zero attached hydrogens (tertiary/aromatic N) is 2. The second-order valence-electron chi connectivity index (χ2n) is 4.14. The van der Waals surface area contributed by atoms with Crippen LogP contribution >= 0.6 is 0 Å². The smallest absolute Gasteiger partial charge is 0.321 e. The molecule has 94 valence electrons. The largest absolute Gasteiger partial charge is 0.424 e. The predicted octanol–water partition coefficient (Wildman–Crippen LogP) is 2.91. The maximum atomic E-state index is 8.92. The Morgan fingerprint density at radius 1 is 0.947 bits per heavy atom. The summed E-state index contributed by atoms with van der Waals surface area (Å²) in [7, 11) is 0. The number of fused-ring (bicyclic) bond motifs is 1. The van der Waals surface area contributed by atoms with E-state index in [4.69, 9.17) is 9.84 Å². The minimum absolute atomic E-state index is 0.0732. The van der Waals surface area contributed by atoms with E-state index in [1.54, 1.807) is 12.4 Å². The molecule has 3 rings (SSSR count). The summed E-state index contributed by atoms with van der Waals surface area (Å²) in [5.41, 5.74) is 0.658. The quantitative estimate of drug-likeness (QED) is 0.778. The van der Waals surface area contributed by atoms with Crippen LogP contribution in [0.15, 0.2) is 54.9 Å². The molecule has 0 saturated heterocycles. The van der Waals surface area contributed by atoms with Gasteiger partial charge < -0.3 is 9.84 Å². The van der Waals surface area contributed by atoms with Gasteiger partial charge in [0.05, 0.1) is 6.61 Å². The summed E-state index contributed by atoms with van der Waals surface area (Å²) in [5.74, 6) is 0.690. The van der Waals surface area contributed by atoms with Crippen LogP contribution in [0.4, 0.5) is 0 Å². The number of aliphatic hydroxyl groups is 1. The highest BCUT2D eigenvalue weighted by atomic mass is 16.5. The van der Waals surface area contributed by atoms with E-state index >= 15 is 0 Å². The van der Waals surface area contributed by atoms with E-state index in [1.165, 1.54) is 0 Å². The summed E-state index contributed by atoms with van der Waals surface area (Å²) >= 11 is 0. The molecular formula is C15H12N2O2. The number of hydrogen-bond acceptors (Lipinski definition) is 4. The number of aromatic nitrogens is 2. The van der Waals surface area contributed by atoms with Crippen molar-refractivity contribution in [1.29, 1.82) is 0 Å². The van der Waals surface area contributed by atoms with Gasteiger partial charge in [0.1, 0.15) is 5.75 Å². The first-order valence-corrected chi connectivity index (χ1v) is 5.93. The fourth-order valence-corrected chi connectivity index (χ4v) is 1.81. The number of hydrogen-bond donors (Lipinski definition) is 1. The fourth-order valence-electron chi connectivity index (χ4n) is 1.81. The van der Waals surface area contributed by atoms with Gasteiger partial charge in [-0.2, -0.15) is 0 Å². The molecule has 0 saturated carbocycles. The molecule has 0 radical (unpaired) electrons. The Balaban J connectivity index is 1.87. The third-order valence-corrected chi connectivity index (χ3v) is 2.79. The highest BCUT2D eigenvalue weighted by molar-refractivity contribution is 5.83. The minimum atomic E-state index is -0.0732. The van der Waals surface area contributed by atoms with Gasteiger partial charge >= 0.3 is 6.01 Å². The van der Waals surface area contributed by atoms with Crippen molar-refractivity contribution >= 4 is 10.8 Å². The van der Waals surface area contributed by atoms with Crippen LogP contribution in [0.5, 0.6) is 11.8 Å². The Morgan fingerprint density at radius 2 is 1.68 bits per heavy atom. The molecule has 1 heterocycles. The third-order valence-electron chi connectivity index (χ3n) is 2.79. The lowest BCUT2D eigenvalue weighted by molar-refractivity contribution is 0.280. The molecule has 0 aliphatic rings. The normalized spacial score (nSPS) is 10.6. The molecule has 0 amide bonds. The number of ether oxygens (including phenoxy) is 1. The second kappa shape index (κ2) is 5.04. The van der Waals surface area contributed by atoms with E-state index in [0.717, 1.165) is 10.8 Å². The Labute approximate surface area is 110 Å². The minimum Gasteiger partial charge on any atom is -0.424 e. The van der Waals surface area contributed by atoms with Gasteiger partial charge in [0.25, 0.3) is 0 Å². The summed E-state index contributed by atoms with van der Waals surface area (Å²) in [4.78, 5) is 8.06. The molecule has 0 spiro atoms. The van der Waals surface area contributed by atoms with Crippen LogP contribution in [-0.4, -0.2) is 15.1 Å². The van der Waals surface area contributed by atoms with Gasteiger partial charge in [0.2, 0.25) is 0 Å². The summed E-state index contributed by atoms with van der Waals surface area (Å²) in [6, 6.07) is 14.1. The zero-order chi connectivity index (χ0) is 13.1. The maximum absolute atomic E-state index is 8.92. The first-order valence-electron chi connectivity index (χ1n) is 5.93. The van der Waals surface area contributed by atoms with E-state index in [1.807, 2.05) is 42.5 Å². The van der Waals surface area contributed by atoms with Crippen LogP contribution in [0.3, 0.4) is 0 Å². The summed E-state index contributed by atoms with van der Waals surface area (Å²) < 4.78 is 5.58. The van der Waals surface area contributed by atoms with Crippen LogP contribution < -0.4 is 4.74 Å². The second-order valence-corrected chi connectivity index (χ2v) is 4.14. The molecule has 3 aromatic rings. The van der Waals surface area contributed by atoms with E-state index in [9.17, 15) is 0 Å². The lowest BCUT2D eigenvalue weighted by atomic mass is 10.1. The van der Waals surface area contributed by atoms with Crippen molar-refractivity contribution in [2.24, 2.45) is 0 Å². The Hall–Kier alpha value is -2.46. The maximum Gasteiger partial charge on any atom is 0.321 e. The molecule has 4 nitrogen and oxygen atoms in total. The van der Waals surface area contributed by atoms with Crippen molar-refractivity contribution in [3.8, 4) is 11.8 Å². The molecule has 4 heteroatoms. The molecule has 0 unspecified atom stereocenters. The lowest BCUT2D eigenvalue weighted by Gasteiger charge is -2.05. The Morgan fingerprint density at radius 3 is 2.42 bits per heavy atom. The highest BCUT2D eigenvalue weighted by Gasteiger charge is 2.02. The van der Waals surface area contributed by atoms with Gasteiger partial charge in [-0.15, -0.1) is 0 Å². The van der Waals surface area contributed by atoms with Gasteiger partial charge in [0.15, 0.2) is 0 Å². The molecule has 1 aromatic heterocycles. The Bertz CT molecular complexity index is 696. The molecule has 0 aliphatic heterocycles. The highest BCUT2D eigenvalue weighted by Crippen LogP contribution is 2.23. The number of benzene rings is 2. The van der Waals surface area contributed by atoms with E-state index < -0.39 is 0 Å². The third kappa shape index (κ3) is 2.53. The monoisotopic (exact) mass is 252 g/mol. The number of rotatable bonds is 3. The summed E-state index contributed by atoms with van der Waals surface area (Å²) in [6.07, 6.45) is 3.09. The predicted molar refractivity (Wildman–Crippen MR) is 72.0 cm³/mol. The zero-order valence-corrected chi connectivity index (χ0v) is 10.2. The molecule has 0 bridgehead atoms. The van der Waals surface area contributed by atoms with Crippen molar-refractivity contribution in [2.45, 2.75) is 6.61 Å². The Kier molecular flexibility index (Phi) is 3.08. The molecule has 0 aliphatic carbocycles. The van der Waals surface area contributed by atoms with Gasteiger partial charge in [-0.1, -0.05) is 30.3 Å². The van der Waals surface area contributed by atoms with Crippen molar-refractivity contribution in [1.82, 2.24) is 9.97 Å². The van der Waals surface area contributed by atoms with Crippen LogP contribution in [0.25, 0.3) is 10.8 Å². The van der Waals surface area contributed by atoms with E-state index in [-0.39, 0.29) is 12.6 Å². The first-order chi connectivity index (χ1) is 9.35. The van der Waals surface area contributed by atoms with Gasteiger partial charge in [0, 0.05) is 18.0 Å². The van der Waals surface area contributed by atoms with Gasteiger partial charge in [-0.25, -0.2) is 9.97 Å². The van der Waals surface area contributed by atoms with Crippen molar-refractivity contribution in [2.75, 3.05) is 0 Å². The molecule has 19 heavy (non-hydrogen) atoms. The average Bonchev–Trinajstić information content (AvgIpc) is 2.48. The molecular weight excluding hydrogens is 240 g/mol. The summed E-state index contributed by atoms with van der Waals surface area (Å²) in [5, 5.41) is 11.2. The van der Waals surface area contributed by atoms with Gasteiger partial charge in [-0.3, -0.25) is 0 Å². The van der Waals surface area contributed by atoms with Crippen LogP contribution in [0.2, 0.25) is 0 Å². The average molecular weight is 252 g/mol. The van der Waals surface area contributed by atoms with Crippen molar-refractivity contribution in [3.05, 3.63) is 60.4 Å². The van der Waals surface area contributed by atoms with Crippen LogP contribution in [-0.2, 0) is 6.61 Å². The fraction of sp³-hybridized carbons (Fsp3) is 0.0667. The van der Waals surface area contributed by atoms with Gasteiger partial charge in [-0.05, 0) is 22.9 Å². The topological polar surface area (TPSA) is 55.2 Å². The summed E-state index contributed by atoms with van der Waals surface area (Å²) in [6.45, 7) is -0.0732. The molecule has 0 fully saturated rings. The van der Waals surface area contributed by atoms with Crippen molar-refractivity contribution in [3.63, 3.8) is 0 Å². The van der Waals surface area contributed by atoms with Crippen molar-refractivity contribution < 1.29 is 9.84 Å². The zero-order valence-electron chi connectivity index (χ0n) is 10.2. The van der Waals surface area contributed by atoms with Crippen LogP contribution in [0, 0.1) is 0 Å². The molecule has 0 atom stereocenters. The van der Waals surface area contributed by atoms with E-state index in [2.05, 4.69) is 9.97 Å². The standard InChI is InChI=1S/C15H12N2O2/c18-10-11-8-16-15(17-9-11)19-14-6-5-12-3-1-2-4-13(12)7-14/h1-9,18H,10H2. The molecule has 1 N–H and O–H groups in total. The lowest BCUT2D eigenvalue weighted by Crippen LogP contribution is -1.93.